The Hall–Kier alpha value is -4.13. The topological polar surface area (TPSA) is 112 Å². The Balaban J connectivity index is 1.30. The minimum absolute atomic E-state index is 0.0395. The molecule has 0 spiro atoms. The molecular formula is C23H22F3N5O5. The summed E-state index contributed by atoms with van der Waals surface area (Å²) < 4.78 is 48.2. The van der Waals surface area contributed by atoms with Crippen molar-refractivity contribution in [1.82, 2.24) is 19.8 Å². The number of fused-ring (bicyclic) bond motifs is 1. The van der Waals surface area contributed by atoms with Gasteiger partial charge in [0.25, 0.3) is 5.91 Å². The van der Waals surface area contributed by atoms with Crippen molar-refractivity contribution in [2.45, 2.75) is 26.0 Å². The Labute approximate surface area is 203 Å². The molecule has 0 atom stereocenters. The van der Waals surface area contributed by atoms with Crippen LogP contribution in [0, 0.1) is 10.1 Å². The number of nitro groups is 1. The number of benzene rings is 2. The summed E-state index contributed by atoms with van der Waals surface area (Å²) in [6, 6.07) is 12.6. The van der Waals surface area contributed by atoms with E-state index in [1.54, 1.807) is 22.8 Å². The van der Waals surface area contributed by atoms with Crippen LogP contribution >= 0.6 is 0 Å². The van der Waals surface area contributed by atoms with E-state index in [2.05, 4.69) is 19.9 Å². The van der Waals surface area contributed by atoms with Crippen LogP contribution in [-0.2, 0) is 19.6 Å². The first kappa shape index (κ1) is 25.0. The Morgan fingerprint density at radius 3 is 2.64 bits per heavy atom. The van der Waals surface area contributed by atoms with Crippen molar-refractivity contribution < 1.29 is 32.4 Å². The van der Waals surface area contributed by atoms with Gasteiger partial charge in [0.2, 0.25) is 0 Å². The number of rotatable bonds is 7. The predicted molar refractivity (Wildman–Crippen MR) is 120 cm³/mol. The van der Waals surface area contributed by atoms with Gasteiger partial charge in [-0.3, -0.25) is 14.3 Å². The lowest BCUT2D eigenvalue weighted by Gasteiger charge is -2.24. The Morgan fingerprint density at radius 1 is 1.14 bits per heavy atom. The second-order valence-corrected chi connectivity index (χ2v) is 8.03. The summed E-state index contributed by atoms with van der Waals surface area (Å²) in [5.41, 5.74) is 1.83. The highest BCUT2D eigenvalue weighted by atomic mass is 19.4. The number of hydrogen-bond donors (Lipinski definition) is 1. The lowest BCUT2D eigenvalue weighted by molar-refractivity contribution is -0.389. The fourth-order valence-electron chi connectivity index (χ4n) is 3.69. The molecule has 2 heterocycles. The molecule has 1 aliphatic rings. The van der Waals surface area contributed by atoms with Crippen molar-refractivity contribution >= 4 is 11.7 Å². The van der Waals surface area contributed by atoms with Gasteiger partial charge >= 0.3 is 18.2 Å². The Morgan fingerprint density at radius 2 is 1.92 bits per heavy atom. The predicted octanol–water partition coefficient (Wildman–Crippen LogP) is 3.51. The summed E-state index contributed by atoms with van der Waals surface area (Å²) in [5, 5.41) is 13.6. The fraction of sp³-hybridized carbons (Fsp3) is 0.304. The zero-order valence-corrected chi connectivity index (χ0v) is 18.9. The zero-order chi connectivity index (χ0) is 25.7. The van der Waals surface area contributed by atoms with Crippen LogP contribution in [-0.4, -0.2) is 51.3 Å². The molecule has 10 nitrogen and oxygen atoms in total. The number of nitrogens with zero attached hydrogens (tertiary/aromatic N) is 4. The van der Waals surface area contributed by atoms with E-state index in [0.717, 1.165) is 5.56 Å². The largest absolute Gasteiger partial charge is 0.573 e. The van der Waals surface area contributed by atoms with E-state index in [4.69, 9.17) is 4.74 Å². The van der Waals surface area contributed by atoms with Gasteiger partial charge in [-0.25, -0.2) is 0 Å². The summed E-state index contributed by atoms with van der Waals surface area (Å²) in [6.07, 6.45) is -3.43. The molecule has 0 saturated carbocycles. The Bertz CT molecular complexity index is 1230. The maximum Gasteiger partial charge on any atom is 0.573 e. The van der Waals surface area contributed by atoms with Crippen molar-refractivity contribution in [2.75, 3.05) is 19.7 Å². The van der Waals surface area contributed by atoms with E-state index in [1.165, 1.54) is 24.4 Å². The molecule has 2 aromatic carbocycles. The average molecular weight is 505 g/mol. The second-order valence-electron chi connectivity index (χ2n) is 8.03. The van der Waals surface area contributed by atoms with Crippen LogP contribution < -0.4 is 14.8 Å². The SMILES string of the molecule is O=C(NCc1cccc(OC(F)(F)F)c1)c1ccc(CN2CCOc3nc([N+](=O)[O-])cn3CC2)cc1. The summed E-state index contributed by atoms with van der Waals surface area (Å²) in [5.74, 6) is -0.969. The molecular weight excluding hydrogens is 483 g/mol. The maximum absolute atomic E-state index is 12.5. The smallest absolute Gasteiger partial charge is 0.444 e. The van der Waals surface area contributed by atoms with Gasteiger partial charge in [-0.05, 0) is 40.3 Å². The number of nitrogens with one attached hydrogen (secondary N) is 1. The Kier molecular flexibility index (Phi) is 7.38. The summed E-state index contributed by atoms with van der Waals surface area (Å²) >= 11 is 0. The minimum atomic E-state index is -4.79. The maximum atomic E-state index is 12.5. The molecule has 0 unspecified atom stereocenters. The number of alkyl halides is 3. The molecule has 1 amide bonds. The fourth-order valence-corrected chi connectivity index (χ4v) is 3.69. The highest BCUT2D eigenvalue weighted by Gasteiger charge is 2.31. The van der Waals surface area contributed by atoms with E-state index < -0.39 is 11.3 Å². The first-order chi connectivity index (χ1) is 17.2. The van der Waals surface area contributed by atoms with Crippen LogP contribution in [0.1, 0.15) is 21.5 Å². The number of carbonyl (C=O) groups excluding carboxylic acids is 1. The van der Waals surface area contributed by atoms with Crippen LogP contribution in [0.2, 0.25) is 0 Å². The molecule has 0 saturated heterocycles. The monoisotopic (exact) mass is 505 g/mol. The van der Waals surface area contributed by atoms with Crippen LogP contribution in [0.25, 0.3) is 0 Å². The lowest BCUT2D eigenvalue weighted by Crippen LogP contribution is -2.33. The van der Waals surface area contributed by atoms with Crippen molar-refractivity contribution in [1.29, 1.82) is 0 Å². The molecule has 36 heavy (non-hydrogen) atoms. The van der Waals surface area contributed by atoms with Crippen molar-refractivity contribution in [3.8, 4) is 11.8 Å². The number of carbonyl (C=O) groups is 1. The second kappa shape index (κ2) is 10.6. The van der Waals surface area contributed by atoms with Gasteiger partial charge in [0.05, 0.1) is 0 Å². The minimum Gasteiger partial charge on any atom is -0.444 e. The molecule has 0 aliphatic carbocycles. The third kappa shape index (κ3) is 6.72. The van der Waals surface area contributed by atoms with Crippen LogP contribution in [0.5, 0.6) is 11.8 Å². The van der Waals surface area contributed by atoms with Gasteiger partial charge in [-0.15, -0.1) is 13.2 Å². The van der Waals surface area contributed by atoms with Gasteiger partial charge in [-0.1, -0.05) is 24.3 Å². The number of ether oxygens (including phenoxy) is 2. The number of hydrogen-bond acceptors (Lipinski definition) is 7. The molecule has 0 bridgehead atoms. The van der Waals surface area contributed by atoms with Crippen LogP contribution in [0.4, 0.5) is 19.0 Å². The average Bonchev–Trinajstić information content (AvgIpc) is 3.21. The van der Waals surface area contributed by atoms with E-state index in [1.807, 2.05) is 12.1 Å². The highest BCUT2D eigenvalue weighted by molar-refractivity contribution is 5.94. The summed E-state index contributed by atoms with van der Waals surface area (Å²) in [7, 11) is 0. The lowest BCUT2D eigenvalue weighted by atomic mass is 10.1. The number of halogens is 3. The molecule has 0 fully saturated rings. The number of imidazole rings is 1. The summed E-state index contributed by atoms with van der Waals surface area (Å²) in [6.45, 7) is 2.65. The third-order valence-corrected chi connectivity index (χ3v) is 5.42. The van der Waals surface area contributed by atoms with Crippen molar-refractivity contribution in [3.05, 3.63) is 81.5 Å². The molecule has 1 aromatic heterocycles. The van der Waals surface area contributed by atoms with E-state index >= 15 is 0 Å². The van der Waals surface area contributed by atoms with Crippen molar-refractivity contribution in [2.24, 2.45) is 0 Å². The van der Waals surface area contributed by atoms with E-state index in [9.17, 15) is 28.1 Å². The molecule has 13 heteroatoms. The van der Waals surface area contributed by atoms with Gasteiger partial charge in [0.15, 0.2) is 0 Å². The molecule has 190 valence electrons. The molecule has 1 aliphatic heterocycles. The first-order valence-electron chi connectivity index (χ1n) is 10.9. The standard InChI is InChI=1S/C23H22F3N5O5/c24-23(25,26)36-19-3-1-2-17(12-19)13-27-21(32)18-6-4-16(5-7-18)14-29-8-9-30-15-20(31(33)34)28-22(30)35-11-10-29/h1-7,12,15H,8-11,13-14H2,(H,27,32). The molecule has 4 rings (SSSR count). The van der Waals surface area contributed by atoms with E-state index in [0.29, 0.717) is 43.9 Å². The molecule has 0 radical (unpaired) electrons. The van der Waals surface area contributed by atoms with Crippen LogP contribution in [0.15, 0.2) is 54.7 Å². The van der Waals surface area contributed by atoms with Gasteiger partial charge in [0.1, 0.15) is 18.6 Å². The first-order valence-corrected chi connectivity index (χ1v) is 10.9. The van der Waals surface area contributed by atoms with E-state index in [-0.39, 0.29) is 30.0 Å². The number of amides is 1. The normalized spacial score (nSPS) is 14.2. The third-order valence-electron chi connectivity index (χ3n) is 5.42. The quantitative estimate of drug-likeness (QED) is 0.386. The van der Waals surface area contributed by atoms with Gasteiger partial charge in [-0.2, -0.15) is 0 Å². The van der Waals surface area contributed by atoms with Gasteiger partial charge in [0, 0.05) is 43.3 Å². The highest BCUT2D eigenvalue weighted by Crippen LogP contribution is 2.23. The number of aromatic nitrogens is 2. The zero-order valence-electron chi connectivity index (χ0n) is 18.9. The van der Waals surface area contributed by atoms with Crippen LogP contribution in [0.3, 0.4) is 0 Å². The van der Waals surface area contributed by atoms with Gasteiger partial charge < -0.3 is 24.9 Å². The molecule has 1 N–H and O–H groups in total. The van der Waals surface area contributed by atoms with Crippen molar-refractivity contribution in [3.63, 3.8) is 0 Å². The molecule has 3 aromatic rings. The summed E-state index contributed by atoms with van der Waals surface area (Å²) in [4.78, 5) is 28.9.